The van der Waals surface area contributed by atoms with Crippen LogP contribution in [0.15, 0.2) is 42.5 Å². The number of nitrogens with zero attached hydrogens (tertiary/aromatic N) is 4. The summed E-state index contributed by atoms with van der Waals surface area (Å²) in [4.78, 5) is 21.6. The number of carbonyl (C=O) groups is 1. The minimum absolute atomic E-state index is 0.103. The van der Waals surface area contributed by atoms with Crippen molar-refractivity contribution in [3.8, 4) is 11.4 Å². The first-order valence-corrected chi connectivity index (χ1v) is 20.4. The first-order valence-electron chi connectivity index (χ1n) is 20.4. The fourth-order valence-corrected chi connectivity index (χ4v) is 12.8. The predicted molar refractivity (Wildman–Crippen MR) is 205 cm³/mol. The van der Waals surface area contributed by atoms with Gasteiger partial charge in [0.2, 0.25) is 0 Å². The number of allylic oxidation sites excluding steroid dienone is 1. The van der Waals surface area contributed by atoms with E-state index in [0.717, 1.165) is 62.8 Å². The molecule has 3 saturated carbocycles. The highest BCUT2D eigenvalue weighted by Gasteiger charge is 2.72. The average Bonchev–Trinajstić information content (AvgIpc) is 3.63. The summed E-state index contributed by atoms with van der Waals surface area (Å²) in [6, 6.07) is 3.90. The fraction of sp³-hybridized carbons (Fsp3) is 0.767. The lowest BCUT2D eigenvalue weighted by atomic mass is 9.35. The summed E-state index contributed by atoms with van der Waals surface area (Å²) < 4.78 is 22.2. The number of rotatable bonds is 10. The zero-order valence-corrected chi connectivity index (χ0v) is 33.7. The van der Waals surface area contributed by atoms with Gasteiger partial charge in [-0.25, -0.2) is 14.5 Å². The first kappa shape index (κ1) is 38.5. The van der Waals surface area contributed by atoms with Gasteiger partial charge in [-0.05, 0) is 92.6 Å². The molecule has 3 heterocycles. The maximum Gasteiger partial charge on any atom is 0.506 e. The van der Waals surface area contributed by atoms with E-state index in [4.69, 9.17) is 30.0 Å². The molecule has 10 heteroatoms. The van der Waals surface area contributed by atoms with Crippen molar-refractivity contribution in [2.75, 3.05) is 19.8 Å². The highest BCUT2D eigenvalue weighted by molar-refractivity contribution is 5.57. The lowest BCUT2D eigenvalue weighted by molar-refractivity contribution is -0.256. The van der Waals surface area contributed by atoms with Crippen molar-refractivity contribution in [2.24, 2.45) is 56.5 Å². The molecule has 0 radical (unpaired) electrons. The minimum Gasteiger partial charge on any atom is -0.450 e. The molecule has 10 nitrogen and oxygen atoms in total. The SMILES string of the molecule is CCC(N)(CC)CO[C@H]1[C@H](n2ncnc2-c2ccncc2)C[C@@]23COC[C@]1(C)[C@@H]2CC[C@H]1C3=CC[C@]2(C)[C@H](OC(=O)O)[C@@](C)([C@H](C)C(C)C)CC[C@]12C. The van der Waals surface area contributed by atoms with Gasteiger partial charge < -0.3 is 25.1 Å². The fourth-order valence-electron chi connectivity index (χ4n) is 12.8. The Balaban J connectivity index is 1.35. The highest BCUT2D eigenvalue weighted by atomic mass is 16.7. The molecule has 292 valence electrons. The molecule has 3 N–H and O–H groups in total. The van der Waals surface area contributed by atoms with Gasteiger partial charge in [-0.1, -0.05) is 74.0 Å². The molecule has 1 saturated heterocycles. The summed E-state index contributed by atoms with van der Waals surface area (Å²) >= 11 is 0. The van der Waals surface area contributed by atoms with Crippen LogP contribution in [0.2, 0.25) is 0 Å². The monoisotopic (exact) mass is 731 g/mol. The number of pyridine rings is 1. The van der Waals surface area contributed by atoms with E-state index >= 15 is 0 Å². The van der Waals surface area contributed by atoms with Crippen LogP contribution < -0.4 is 5.73 Å². The Morgan fingerprint density at radius 3 is 2.45 bits per heavy atom. The van der Waals surface area contributed by atoms with Crippen molar-refractivity contribution in [2.45, 2.75) is 137 Å². The second kappa shape index (κ2) is 13.4. The molecule has 1 aliphatic heterocycles. The molecular formula is C43H65N5O5. The molecule has 0 aromatic carbocycles. The van der Waals surface area contributed by atoms with E-state index in [-0.39, 0.29) is 45.1 Å². The zero-order chi connectivity index (χ0) is 38.2. The van der Waals surface area contributed by atoms with Crippen LogP contribution in [-0.2, 0) is 14.2 Å². The summed E-state index contributed by atoms with van der Waals surface area (Å²) in [6.45, 7) is 22.3. The second-order valence-electron chi connectivity index (χ2n) is 19.2. The third-order valence-electron chi connectivity index (χ3n) is 16.7. The average molecular weight is 732 g/mol. The van der Waals surface area contributed by atoms with Crippen LogP contribution in [0, 0.1) is 50.7 Å². The van der Waals surface area contributed by atoms with Crippen LogP contribution in [0.25, 0.3) is 11.4 Å². The van der Waals surface area contributed by atoms with Crippen LogP contribution in [0.4, 0.5) is 4.79 Å². The van der Waals surface area contributed by atoms with E-state index in [2.05, 4.69) is 78.1 Å². The van der Waals surface area contributed by atoms with Crippen molar-refractivity contribution in [3.05, 3.63) is 42.5 Å². The van der Waals surface area contributed by atoms with Crippen LogP contribution >= 0.6 is 0 Å². The van der Waals surface area contributed by atoms with Crippen LogP contribution in [-0.4, -0.2) is 68.6 Å². The molecule has 11 atom stereocenters. The van der Waals surface area contributed by atoms with Crippen molar-refractivity contribution < 1.29 is 24.1 Å². The molecule has 4 fully saturated rings. The van der Waals surface area contributed by atoms with Gasteiger partial charge in [-0.3, -0.25) is 4.98 Å². The number of fused-ring (bicyclic) bond motifs is 3. The second-order valence-corrected chi connectivity index (χ2v) is 19.2. The van der Waals surface area contributed by atoms with Crippen molar-refractivity contribution in [3.63, 3.8) is 0 Å². The molecule has 5 aliphatic rings. The van der Waals surface area contributed by atoms with Gasteiger partial charge in [-0.2, -0.15) is 5.10 Å². The lowest BCUT2D eigenvalue weighted by Crippen LogP contribution is -2.70. The van der Waals surface area contributed by atoms with Gasteiger partial charge in [0.1, 0.15) is 12.4 Å². The van der Waals surface area contributed by atoms with E-state index in [9.17, 15) is 9.90 Å². The van der Waals surface area contributed by atoms with Crippen molar-refractivity contribution >= 4 is 6.16 Å². The number of carboxylic acid groups (broad SMARTS) is 1. The largest absolute Gasteiger partial charge is 0.506 e. The minimum atomic E-state index is -1.16. The molecule has 7 rings (SSSR count). The number of hydrogen-bond acceptors (Lipinski definition) is 8. The molecule has 53 heavy (non-hydrogen) atoms. The summed E-state index contributed by atoms with van der Waals surface area (Å²) in [5.74, 6) is 2.17. The Hall–Kier alpha value is -2.82. The van der Waals surface area contributed by atoms with Gasteiger partial charge in [0.25, 0.3) is 0 Å². The van der Waals surface area contributed by atoms with E-state index in [1.807, 2.05) is 24.5 Å². The molecule has 4 aliphatic carbocycles. The summed E-state index contributed by atoms with van der Waals surface area (Å²) in [5, 5.41) is 15.2. The van der Waals surface area contributed by atoms with E-state index < -0.39 is 17.8 Å². The standard InChI is InChI=1S/C43H65N5O5/c1-10-42(44,11-2)24-52-34-32(48-35(46-26-47-48)29-15-20-45-21-16-29)22-43-25-51-23-39(34,7)33(43)13-12-30-31(43)14-17-41(9)36(53-37(49)50)38(6,28(5)27(3)4)18-19-40(30,41)8/h14-16,20-21,26-28,30,32-34,36H,10-13,17-19,22-25,44H2,1-9H3,(H,49,50)/t28-,30+,32-,33+,34+,36-,38-,39-,40-,41-,43+/m1/s1. The first-order chi connectivity index (χ1) is 25.0. The Morgan fingerprint density at radius 1 is 1.08 bits per heavy atom. The molecule has 2 aromatic rings. The normalized spacial score (nSPS) is 40.1. The van der Waals surface area contributed by atoms with Crippen molar-refractivity contribution in [1.29, 1.82) is 0 Å². The molecule has 2 bridgehead atoms. The van der Waals surface area contributed by atoms with Gasteiger partial charge >= 0.3 is 6.16 Å². The van der Waals surface area contributed by atoms with Gasteiger partial charge in [0.05, 0.1) is 32.0 Å². The Morgan fingerprint density at radius 2 is 1.79 bits per heavy atom. The maximum absolute atomic E-state index is 12.5. The molecule has 2 aromatic heterocycles. The molecule has 0 unspecified atom stereocenters. The zero-order valence-electron chi connectivity index (χ0n) is 33.7. The maximum atomic E-state index is 12.5. The third kappa shape index (κ3) is 5.65. The highest BCUT2D eigenvalue weighted by Crippen LogP contribution is 2.74. The number of hydrogen-bond donors (Lipinski definition) is 2. The smallest absolute Gasteiger partial charge is 0.450 e. The lowest BCUT2D eigenvalue weighted by Gasteiger charge is -2.71. The molecule has 0 spiro atoms. The molecule has 0 amide bonds. The number of aromatic nitrogens is 4. The van der Waals surface area contributed by atoms with E-state index in [1.165, 1.54) is 5.57 Å². The Labute approximate surface area is 317 Å². The van der Waals surface area contributed by atoms with Gasteiger partial charge in [0, 0.05) is 45.2 Å². The van der Waals surface area contributed by atoms with Crippen molar-refractivity contribution in [1.82, 2.24) is 19.7 Å². The van der Waals surface area contributed by atoms with Crippen LogP contribution in [0.1, 0.15) is 120 Å². The summed E-state index contributed by atoms with van der Waals surface area (Å²) in [5.41, 5.74) is 7.69. The predicted octanol–water partition coefficient (Wildman–Crippen LogP) is 8.73. The quantitative estimate of drug-likeness (QED) is 0.182. The Bertz CT molecular complexity index is 1690. The van der Waals surface area contributed by atoms with Crippen LogP contribution in [0.5, 0.6) is 0 Å². The van der Waals surface area contributed by atoms with E-state index in [1.54, 1.807) is 6.33 Å². The summed E-state index contributed by atoms with van der Waals surface area (Å²) in [7, 11) is 0. The third-order valence-corrected chi connectivity index (χ3v) is 16.7. The molecular weight excluding hydrogens is 667 g/mol. The summed E-state index contributed by atoms with van der Waals surface area (Å²) in [6.07, 6.45) is 13.4. The van der Waals surface area contributed by atoms with Gasteiger partial charge in [0.15, 0.2) is 5.82 Å². The van der Waals surface area contributed by atoms with Gasteiger partial charge in [-0.15, -0.1) is 0 Å². The van der Waals surface area contributed by atoms with E-state index in [0.29, 0.717) is 37.6 Å². The van der Waals surface area contributed by atoms with Crippen LogP contribution in [0.3, 0.4) is 0 Å². The Kier molecular flexibility index (Phi) is 9.75. The number of ether oxygens (including phenoxy) is 3. The topological polar surface area (TPSA) is 135 Å². The number of nitrogens with two attached hydrogens (primary N) is 1.